The Morgan fingerprint density at radius 1 is 0.929 bits per heavy atom. The van der Waals surface area contributed by atoms with Crippen LogP contribution in [0.5, 0.6) is 0 Å². The summed E-state index contributed by atoms with van der Waals surface area (Å²) >= 11 is 0. The molecule has 0 atom stereocenters. The van der Waals surface area contributed by atoms with Crippen LogP contribution in [0.1, 0.15) is 58.9 Å². The quantitative estimate of drug-likeness (QED) is 0.632. The molecule has 0 bridgehead atoms. The van der Waals surface area contributed by atoms with E-state index in [9.17, 15) is 0 Å². The number of aromatic nitrogens is 1. The van der Waals surface area contributed by atoms with Crippen molar-refractivity contribution in [1.29, 1.82) is 0 Å². The zero-order valence-electron chi connectivity index (χ0n) is 10.4. The maximum Gasteiger partial charge on any atom is 0.191 e. The van der Waals surface area contributed by atoms with E-state index in [1.54, 1.807) is 0 Å². The normalized spacial score (nSPS) is 13.4. The van der Waals surface area contributed by atoms with E-state index in [1.807, 2.05) is 6.92 Å². The lowest BCUT2D eigenvalue weighted by atomic mass is 9.83. The predicted molar refractivity (Wildman–Crippen MR) is 58.6 cm³/mol. The lowest BCUT2D eigenvalue weighted by molar-refractivity contribution is 0.380. The summed E-state index contributed by atoms with van der Waals surface area (Å²) in [4.78, 5) is 4.48. The van der Waals surface area contributed by atoms with E-state index in [0.717, 1.165) is 17.3 Å². The van der Waals surface area contributed by atoms with Gasteiger partial charge in [-0.05, 0) is 0 Å². The van der Waals surface area contributed by atoms with Crippen molar-refractivity contribution in [2.75, 3.05) is 0 Å². The molecule has 2 nitrogen and oxygen atoms in total. The fraction of sp³-hybridized carbons (Fsp3) is 0.750. The highest BCUT2D eigenvalue weighted by molar-refractivity contribution is 5.24. The van der Waals surface area contributed by atoms with Crippen molar-refractivity contribution in [3.8, 4) is 0 Å². The van der Waals surface area contributed by atoms with Gasteiger partial charge in [0.15, 0.2) is 5.89 Å². The lowest BCUT2D eigenvalue weighted by Crippen LogP contribution is -2.20. The Balaban J connectivity index is 3.31. The molecule has 0 aromatic carbocycles. The summed E-state index contributed by atoms with van der Waals surface area (Å²) in [7, 11) is 0. The lowest BCUT2D eigenvalue weighted by Gasteiger charge is -2.22. The minimum absolute atomic E-state index is 0.0316. The molecule has 1 aromatic rings. The Kier molecular flexibility index (Phi) is 2.51. The number of hydrogen-bond acceptors (Lipinski definition) is 2. The molecular formula is C12H21NO. The van der Waals surface area contributed by atoms with Gasteiger partial charge in [-0.25, -0.2) is 4.98 Å². The Morgan fingerprint density at radius 3 is 1.71 bits per heavy atom. The van der Waals surface area contributed by atoms with Crippen LogP contribution in [-0.4, -0.2) is 4.98 Å². The van der Waals surface area contributed by atoms with Crippen molar-refractivity contribution in [3.05, 3.63) is 17.3 Å². The second-order valence-electron chi connectivity index (χ2n) is 5.91. The maximum atomic E-state index is 5.69. The molecule has 0 unspecified atom stereocenters. The molecule has 0 aliphatic heterocycles. The molecule has 80 valence electrons. The van der Waals surface area contributed by atoms with Gasteiger partial charge < -0.3 is 4.42 Å². The van der Waals surface area contributed by atoms with Crippen LogP contribution in [0.15, 0.2) is 4.42 Å². The van der Waals surface area contributed by atoms with Gasteiger partial charge in [0.25, 0.3) is 0 Å². The first-order valence-electron chi connectivity index (χ1n) is 5.11. The number of rotatable bonds is 0. The second-order valence-corrected chi connectivity index (χ2v) is 5.91. The van der Waals surface area contributed by atoms with E-state index in [-0.39, 0.29) is 10.8 Å². The van der Waals surface area contributed by atoms with E-state index < -0.39 is 0 Å². The minimum atomic E-state index is 0.0316. The monoisotopic (exact) mass is 195 g/mol. The topological polar surface area (TPSA) is 26.0 Å². The van der Waals surface area contributed by atoms with Crippen LogP contribution in [0, 0.1) is 6.92 Å². The number of nitrogens with zero attached hydrogens (tertiary/aromatic N) is 1. The van der Waals surface area contributed by atoms with Crippen molar-refractivity contribution < 1.29 is 4.42 Å². The minimum Gasteiger partial charge on any atom is -0.445 e. The van der Waals surface area contributed by atoms with Crippen molar-refractivity contribution in [1.82, 2.24) is 4.98 Å². The SMILES string of the molecule is Cc1nc(C(C)(C)C)c(C(C)(C)C)o1. The molecule has 0 aliphatic carbocycles. The molecule has 1 rings (SSSR count). The zero-order chi connectivity index (χ0) is 11.1. The van der Waals surface area contributed by atoms with E-state index in [0.29, 0.717) is 0 Å². The summed E-state index contributed by atoms with van der Waals surface area (Å²) in [6.07, 6.45) is 0. The molecule has 0 amide bonds. The van der Waals surface area contributed by atoms with Gasteiger partial charge in [-0.2, -0.15) is 0 Å². The first kappa shape index (κ1) is 11.3. The van der Waals surface area contributed by atoms with Gasteiger partial charge in [-0.3, -0.25) is 0 Å². The molecular weight excluding hydrogens is 174 g/mol. The first-order chi connectivity index (χ1) is 6.12. The molecule has 0 fully saturated rings. The summed E-state index contributed by atoms with van der Waals surface area (Å²) < 4.78 is 5.69. The molecule has 2 heteroatoms. The van der Waals surface area contributed by atoms with Gasteiger partial charge in [0.2, 0.25) is 0 Å². The van der Waals surface area contributed by atoms with Crippen LogP contribution in [0.4, 0.5) is 0 Å². The van der Waals surface area contributed by atoms with Crippen molar-refractivity contribution in [3.63, 3.8) is 0 Å². The van der Waals surface area contributed by atoms with Crippen molar-refractivity contribution in [2.45, 2.75) is 59.3 Å². The van der Waals surface area contributed by atoms with Crippen LogP contribution in [0.2, 0.25) is 0 Å². The molecule has 1 aromatic heterocycles. The Labute approximate surface area is 86.7 Å². The van der Waals surface area contributed by atoms with E-state index in [1.165, 1.54) is 0 Å². The van der Waals surface area contributed by atoms with Crippen LogP contribution in [0.3, 0.4) is 0 Å². The molecule has 0 aliphatic rings. The molecule has 0 spiro atoms. The van der Waals surface area contributed by atoms with E-state index in [4.69, 9.17) is 4.42 Å². The second kappa shape index (κ2) is 3.11. The largest absolute Gasteiger partial charge is 0.445 e. The van der Waals surface area contributed by atoms with Gasteiger partial charge in [-0.15, -0.1) is 0 Å². The third-order valence-electron chi connectivity index (χ3n) is 2.13. The standard InChI is InChI=1S/C12H21NO/c1-8-13-9(11(2,3)4)10(14-8)12(5,6)7/h1-7H3. The average molecular weight is 195 g/mol. The van der Waals surface area contributed by atoms with Gasteiger partial charge in [0.1, 0.15) is 5.76 Å². The van der Waals surface area contributed by atoms with Crippen LogP contribution >= 0.6 is 0 Å². The number of hydrogen-bond donors (Lipinski definition) is 0. The fourth-order valence-corrected chi connectivity index (χ4v) is 1.44. The number of aryl methyl sites for hydroxylation is 1. The highest BCUT2D eigenvalue weighted by atomic mass is 16.4. The number of oxazole rings is 1. The molecule has 0 saturated carbocycles. The van der Waals surface area contributed by atoms with Gasteiger partial charge in [0.05, 0.1) is 5.69 Å². The molecule has 14 heavy (non-hydrogen) atoms. The van der Waals surface area contributed by atoms with Gasteiger partial charge in [0, 0.05) is 17.8 Å². The summed E-state index contributed by atoms with van der Waals surface area (Å²) in [6.45, 7) is 14.9. The Morgan fingerprint density at radius 2 is 1.43 bits per heavy atom. The average Bonchev–Trinajstić information content (AvgIpc) is 2.27. The van der Waals surface area contributed by atoms with E-state index >= 15 is 0 Å². The highest BCUT2D eigenvalue weighted by Gasteiger charge is 2.30. The van der Waals surface area contributed by atoms with Crippen LogP contribution in [-0.2, 0) is 10.8 Å². The Bertz CT molecular complexity index is 292. The molecule has 0 radical (unpaired) electrons. The smallest absolute Gasteiger partial charge is 0.191 e. The molecule has 0 N–H and O–H groups in total. The van der Waals surface area contributed by atoms with Gasteiger partial charge >= 0.3 is 0 Å². The van der Waals surface area contributed by atoms with Gasteiger partial charge in [-0.1, -0.05) is 41.5 Å². The Hall–Kier alpha value is -0.790. The zero-order valence-corrected chi connectivity index (χ0v) is 10.4. The van der Waals surface area contributed by atoms with E-state index in [2.05, 4.69) is 46.5 Å². The molecule has 1 heterocycles. The highest BCUT2D eigenvalue weighted by Crippen LogP contribution is 2.33. The van der Waals surface area contributed by atoms with Crippen molar-refractivity contribution in [2.24, 2.45) is 0 Å². The first-order valence-corrected chi connectivity index (χ1v) is 5.11. The fourth-order valence-electron chi connectivity index (χ4n) is 1.44. The maximum absolute atomic E-state index is 5.69. The summed E-state index contributed by atoms with van der Waals surface area (Å²) in [6, 6.07) is 0. The summed E-state index contributed by atoms with van der Waals surface area (Å²) in [5.74, 6) is 1.78. The summed E-state index contributed by atoms with van der Waals surface area (Å²) in [5.41, 5.74) is 1.17. The third-order valence-corrected chi connectivity index (χ3v) is 2.13. The third kappa shape index (κ3) is 2.17. The van der Waals surface area contributed by atoms with Crippen LogP contribution in [0.25, 0.3) is 0 Å². The molecule has 0 saturated heterocycles. The van der Waals surface area contributed by atoms with Crippen LogP contribution < -0.4 is 0 Å². The predicted octanol–water partition coefficient (Wildman–Crippen LogP) is 3.58. The summed E-state index contributed by atoms with van der Waals surface area (Å²) in [5, 5.41) is 0. The van der Waals surface area contributed by atoms with Crippen molar-refractivity contribution >= 4 is 0 Å².